The van der Waals surface area contributed by atoms with Gasteiger partial charge in [0, 0.05) is 19.6 Å². The summed E-state index contributed by atoms with van der Waals surface area (Å²) in [5.41, 5.74) is 1.20. The number of halogens is 1. The second-order valence-electron chi connectivity index (χ2n) is 5.35. The minimum atomic E-state index is -0.313. The molecule has 0 aliphatic carbocycles. The molecule has 1 atom stereocenters. The van der Waals surface area contributed by atoms with Gasteiger partial charge in [-0.3, -0.25) is 4.90 Å². The third-order valence-corrected chi connectivity index (χ3v) is 3.82. The molecule has 0 spiro atoms. The highest BCUT2D eigenvalue weighted by atomic mass is 19.1. The number of rotatable bonds is 5. The van der Waals surface area contributed by atoms with Crippen molar-refractivity contribution < 1.29 is 13.9 Å². The van der Waals surface area contributed by atoms with Crippen molar-refractivity contribution in [2.45, 2.75) is 6.10 Å². The largest absolute Gasteiger partial charge is 0.489 e. The highest BCUT2D eigenvalue weighted by molar-refractivity contribution is 5.23. The van der Waals surface area contributed by atoms with Gasteiger partial charge in [-0.2, -0.15) is 0 Å². The van der Waals surface area contributed by atoms with Crippen molar-refractivity contribution in [1.82, 2.24) is 4.90 Å². The van der Waals surface area contributed by atoms with E-state index < -0.39 is 0 Å². The van der Waals surface area contributed by atoms with E-state index in [9.17, 15) is 4.39 Å². The van der Waals surface area contributed by atoms with E-state index in [4.69, 9.17) is 9.47 Å². The lowest BCUT2D eigenvalue weighted by Gasteiger charge is -2.33. The fraction of sp³-hybridized carbons (Fsp3) is 0.333. The molecule has 2 aromatic rings. The van der Waals surface area contributed by atoms with Gasteiger partial charge < -0.3 is 9.47 Å². The molecular weight excluding hydrogens is 281 g/mol. The molecule has 0 N–H and O–H groups in total. The second kappa shape index (κ2) is 7.38. The van der Waals surface area contributed by atoms with Crippen molar-refractivity contribution in [3.63, 3.8) is 0 Å². The summed E-state index contributed by atoms with van der Waals surface area (Å²) in [5, 5.41) is 0. The Morgan fingerprint density at radius 1 is 1.09 bits per heavy atom. The van der Waals surface area contributed by atoms with Crippen molar-refractivity contribution >= 4 is 0 Å². The zero-order chi connectivity index (χ0) is 15.2. The molecule has 0 amide bonds. The standard InChI is InChI=1S/C18H20FNO2/c19-16-8-4-5-9-17(16)21-12-10-20-11-13-22-18(14-20)15-6-2-1-3-7-15/h1-9,18H,10-14H2. The van der Waals surface area contributed by atoms with Crippen molar-refractivity contribution in [3.8, 4) is 5.75 Å². The smallest absolute Gasteiger partial charge is 0.165 e. The Hall–Kier alpha value is -1.91. The zero-order valence-electron chi connectivity index (χ0n) is 12.5. The maximum absolute atomic E-state index is 13.5. The van der Waals surface area contributed by atoms with Gasteiger partial charge in [-0.15, -0.1) is 0 Å². The molecule has 1 heterocycles. The number of morpholine rings is 1. The van der Waals surface area contributed by atoms with Gasteiger partial charge >= 0.3 is 0 Å². The van der Waals surface area contributed by atoms with E-state index in [-0.39, 0.29) is 11.9 Å². The van der Waals surface area contributed by atoms with Gasteiger partial charge in [0.2, 0.25) is 0 Å². The van der Waals surface area contributed by atoms with Gasteiger partial charge in [-0.05, 0) is 17.7 Å². The lowest BCUT2D eigenvalue weighted by molar-refractivity contribution is -0.0330. The van der Waals surface area contributed by atoms with Crippen LogP contribution < -0.4 is 4.74 Å². The first kappa shape index (κ1) is 15.0. The van der Waals surface area contributed by atoms with Crippen molar-refractivity contribution in [2.24, 2.45) is 0 Å². The quantitative estimate of drug-likeness (QED) is 0.846. The summed E-state index contributed by atoms with van der Waals surface area (Å²) in [4.78, 5) is 2.29. The van der Waals surface area contributed by atoms with Crippen LogP contribution in [0.1, 0.15) is 11.7 Å². The molecule has 22 heavy (non-hydrogen) atoms. The lowest BCUT2D eigenvalue weighted by atomic mass is 10.1. The zero-order valence-corrected chi connectivity index (χ0v) is 12.5. The van der Waals surface area contributed by atoms with Crippen molar-refractivity contribution in [3.05, 3.63) is 66.0 Å². The van der Waals surface area contributed by atoms with Crippen LogP contribution in [0.3, 0.4) is 0 Å². The van der Waals surface area contributed by atoms with E-state index in [1.54, 1.807) is 18.2 Å². The monoisotopic (exact) mass is 301 g/mol. The van der Waals surface area contributed by atoms with Crippen LogP contribution in [0.2, 0.25) is 0 Å². The van der Waals surface area contributed by atoms with Crippen LogP contribution in [0.15, 0.2) is 54.6 Å². The Kier molecular flexibility index (Phi) is 5.03. The molecule has 0 bridgehead atoms. The van der Waals surface area contributed by atoms with Crippen LogP contribution in [0.5, 0.6) is 5.75 Å². The molecule has 116 valence electrons. The number of ether oxygens (including phenoxy) is 2. The predicted octanol–water partition coefficient (Wildman–Crippen LogP) is 3.28. The van der Waals surface area contributed by atoms with E-state index in [2.05, 4.69) is 17.0 Å². The van der Waals surface area contributed by atoms with Gasteiger partial charge in [0.15, 0.2) is 11.6 Å². The van der Waals surface area contributed by atoms with Crippen LogP contribution in [-0.4, -0.2) is 37.7 Å². The topological polar surface area (TPSA) is 21.7 Å². The summed E-state index contributed by atoms with van der Waals surface area (Å²) in [7, 11) is 0. The molecule has 1 saturated heterocycles. The maximum atomic E-state index is 13.5. The van der Waals surface area contributed by atoms with E-state index >= 15 is 0 Å². The first-order chi connectivity index (χ1) is 10.8. The van der Waals surface area contributed by atoms with Crippen LogP contribution in [0.4, 0.5) is 4.39 Å². The first-order valence-corrected chi connectivity index (χ1v) is 7.59. The summed E-state index contributed by atoms with van der Waals surface area (Å²) in [6.07, 6.45) is 0.100. The molecule has 1 fully saturated rings. The number of hydrogen-bond donors (Lipinski definition) is 0. The third-order valence-electron chi connectivity index (χ3n) is 3.82. The molecule has 0 saturated carbocycles. The fourth-order valence-electron chi connectivity index (χ4n) is 2.62. The third kappa shape index (κ3) is 3.84. The Morgan fingerprint density at radius 2 is 1.86 bits per heavy atom. The Labute approximate surface area is 130 Å². The van der Waals surface area contributed by atoms with Gasteiger partial charge in [-0.25, -0.2) is 4.39 Å². The molecule has 3 rings (SSSR count). The van der Waals surface area contributed by atoms with E-state index in [1.165, 1.54) is 11.6 Å². The number of nitrogens with zero attached hydrogens (tertiary/aromatic N) is 1. The molecule has 4 heteroatoms. The Morgan fingerprint density at radius 3 is 2.68 bits per heavy atom. The predicted molar refractivity (Wildman–Crippen MR) is 83.5 cm³/mol. The summed E-state index contributed by atoms with van der Waals surface area (Å²) in [6, 6.07) is 16.7. The van der Waals surface area contributed by atoms with Crippen LogP contribution in [0.25, 0.3) is 0 Å². The van der Waals surface area contributed by atoms with Gasteiger partial charge in [0.05, 0.1) is 12.7 Å². The summed E-state index contributed by atoms with van der Waals surface area (Å²) < 4.78 is 24.8. The van der Waals surface area contributed by atoms with Gasteiger partial charge in [-0.1, -0.05) is 42.5 Å². The molecular formula is C18H20FNO2. The van der Waals surface area contributed by atoms with Crippen LogP contribution in [-0.2, 0) is 4.74 Å². The van der Waals surface area contributed by atoms with Gasteiger partial charge in [0.25, 0.3) is 0 Å². The summed E-state index contributed by atoms with van der Waals surface area (Å²) in [6.45, 7) is 3.66. The normalized spacial score (nSPS) is 19.0. The second-order valence-corrected chi connectivity index (χ2v) is 5.35. The summed E-state index contributed by atoms with van der Waals surface area (Å²) >= 11 is 0. The molecule has 2 aromatic carbocycles. The average molecular weight is 301 g/mol. The van der Waals surface area contributed by atoms with Crippen molar-refractivity contribution in [2.75, 3.05) is 32.8 Å². The number of hydrogen-bond acceptors (Lipinski definition) is 3. The van der Waals surface area contributed by atoms with Gasteiger partial charge in [0.1, 0.15) is 6.61 Å². The highest BCUT2D eigenvalue weighted by Crippen LogP contribution is 2.22. The Balaban J connectivity index is 1.50. The number of benzene rings is 2. The highest BCUT2D eigenvalue weighted by Gasteiger charge is 2.21. The molecule has 0 radical (unpaired) electrons. The SMILES string of the molecule is Fc1ccccc1OCCN1CCOC(c2ccccc2)C1. The lowest BCUT2D eigenvalue weighted by Crippen LogP contribution is -2.40. The van der Waals surface area contributed by atoms with E-state index in [0.717, 1.165) is 19.6 Å². The number of para-hydroxylation sites is 1. The molecule has 1 aliphatic heterocycles. The minimum Gasteiger partial charge on any atom is -0.489 e. The van der Waals surface area contributed by atoms with E-state index in [1.807, 2.05) is 18.2 Å². The molecule has 1 aliphatic rings. The molecule has 1 unspecified atom stereocenters. The molecule has 3 nitrogen and oxygen atoms in total. The maximum Gasteiger partial charge on any atom is 0.165 e. The van der Waals surface area contributed by atoms with E-state index in [0.29, 0.717) is 19.0 Å². The average Bonchev–Trinajstić information content (AvgIpc) is 2.58. The summed E-state index contributed by atoms with van der Waals surface area (Å²) in [5.74, 6) is 0.00186. The van der Waals surface area contributed by atoms with Crippen LogP contribution >= 0.6 is 0 Å². The minimum absolute atomic E-state index is 0.100. The fourth-order valence-corrected chi connectivity index (χ4v) is 2.62. The molecule has 0 aromatic heterocycles. The van der Waals surface area contributed by atoms with Crippen molar-refractivity contribution in [1.29, 1.82) is 0 Å². The Bertz CT molecular complexity index is 591. The first-order valence-electron chi connectivity index (χ1n) is 7.59. The van der Waals surface area contributed by atoms with Crippen LogP contribution in [0, 0.1) is 5.82 Å².